The number of nitrogens with one attached hydrogen (secondary N) is 1. The van der Waals surface area contributed by atoms with Gasteiger partial charge in [0.25, 0.3) is 0 Å². The van der Waals surface area contributed by atoms with Gasteiger partial charge in [0.15, 0.2) is 0 Å². The number of ether oxygens (including phenoxy) is 2. The Labute approximate surface area is 208 Å². The number of nitrogens with zero attached hydrogens (tertiary/aromatic N) is 3. The highest BCUT2D eigenvalue weighted by atomic mass is 16.5. The van der Waals surface area contributed by atoms with Gasteiger partial charge < -0.3 is 14.5 Å². The highest BCUT2D eigenvalue weighted by molar-refractivity contribution is 5.91. The van der Waals surface area contributed by atoms with E-state index < -0.39 is 0 Å². The van der Waals surface area contributed by atoms with Crippen LogP contribution >= 0.6 is 0 Å². The molecule has 0 unspecified atom stereocenters. The summed E-state index contributed by atoms with van der Waals surface area (Å²) in [6, 6.07) is 18.6. The van der Waals surface area contributed by atoms with Gasteiger partial charge >= 0.3 is 0 Å². The summed E-state index contributed by atoms with van der Waals surface area (Å²) in [5.41, 5.74) is 4.82. The molecule has 0 aliphatic heterocycles. The Morgan fingerprint density at radius 1 is 0.944 bits per heavy atom. The maximum atomic E-state index is 12.6. The van der Waals surface area contributed by atoms with Gasteiger partial charge in [-0.15, -0.1) is 0 Å². The largest absolute Gasteiger partial charge is 0.505 e. The van der Waals surface area contributed by atoms with Crippen molar-refractivity contribution in [2.75, 3.05) is 6.61 Å². The molecule has 36 heavy (non-hydrogen) atoms. The van der Waals surface area contributed by atoms with E-state index >= 15 is 0 Å². The van der Waals surface area contributed by atoms with Gasteiger partial charge in [-0.25, -0.2) is 9.83 Å². The van der Waals surface area contributed by atoms with E-state index in [2.05, 4.69) is 19.8 Å². The van der Waals surface area contributed by atoms with Crippen LogP contribution in [0.4, 0.5) is 5.69 Å². The number of H-pyrrole nitrogens is 1. The number of fused-ring (bicyclic) bond motifs is 2. The zero-order chi connectivity index (χ0) is 24.9. The van der Waals surface area contributed by atoms with E-state index in [4.69, 9.17) is 16.0 Å². The minimum Gasteiger partial charge on any atom is -0.505 e. The lowest BCUT2D eigenvalue weighted by Crippen LogP contribution is -2.06. The standard InChI is InChI=1S/C29H24N4O3/c1-3-12-35-29-17-25-23(16-27(29)30-2)28(10-11-31-25)36-22-7-4-19(5-8-22)13-21(34)14-20-6-9-24-26(15-20)33-18-32-24/h4-11,15-18H,3,12-14H2,1H3,(H,32,33). The number of Topliss-reactive ketones (excluding diaryl/α,β-unsaturated/α-hetero) is 1. The lowest BCUT2D eigenvalue weighted by molar-refractivity contribution is -0.117. The SMILES string of the molecule is [C-]#[N+]c1cc2c(Oc3ccc(CC(=O)Cc4ccc5nc[nH]c5c4)cc3)ccnc2cc1OCCC. The zero-order valence-electron chi connectivity index (χ0n) is 19.8. The number of benzene rings is 3. The van der Waals surface area contributed by atoms with Crippen molar-refractivity contribution in [2.45, 2.75) is 26.2 Å². The van der Waals surface area contributed by atoms with Crippen LogP contribution in [-0.4, -0.2) is 27.3 Å². The second kappa shape index (κ2) is 10.3. The van der Waals surface area contributed by atoms with Gasteiger partial charge in [-0.05, 0) is 60.0 Å². The average molecular weight is 477 g/mol. The molecule has 7 nitrogen and oxygen atoms in total. The van der Waals surface area contributed by atoms with Crippen molar-refractivity contribution >= 4 is 33.4 Å². The van der Waals surface area contributed by atoms with Crippen LogP contribution in [0.25, 0.3) is 26.8 Å². The lowest BCUT2D eigenvalue weighted by atomic mass is 10.0. The molecule has 0 aliphatic carbocycles. The van der Waals surface area contributed by atoms with Crippen molar-refractivity contribution in [1.29, 1.82) is 0 Å². The first-order valence-corrected chi connectivity index (χ1v) is 11.8. The molecular weight excluding hydrogens is 452 g/mol. The van der Waals surface area contributed by atoms with Crippen molar-refractivity contribution in [3.05, 3.63) is 95.7 Å². The molecule has 0 saturated carbocycles. The van der Waals surface area contributed by atoms with Crippen molar-refractivity contribution in [3.63, 3.8) is 0 Å². The molecule has 2 aromatic heterocycles. The van der Waals surface area contributed by atoms with Crippen LogP contribution in [-0.2, 0) is 17.6 Å². The summed E-state index contributed by atoms with van der Waals surface area (Å²) in [5.74, 6) is 1.90. The molecule has 5 aromatic rings. The number of ketones is 1. The summed E-state index contributed by atoms with van der Waals surface area (Å²) in [6.45, 7) is 10.1. The van der Waals surface area contributed by atoms with Crippen LogP contribution in [0.15, 0.2) is 73.2 Å². The molecule has 0 saturated heterocycles. The summed E-state index contributed by atoms with van der Waals surface area (Å²) in [5, 5.41) is 0.737. The Balaban J connectivity index is 1.28. The summed E-state index contributed by atoms with van der Waals surface area (Å²) >= 11 is 0. The third-order valence-electron chi connectivity index (χ3n) is 5.80. The van der Waals surface area contributed by atoms with Crippen molar-refractivity contribution in [3.8, 4) is 17.2 Å². The Hall–Kier alpha value is -4.70. The van der Waals surface area contributed by atoms with Crippen LogP contribution in [0, 0.1) is 6.57 Å². The topological polar surface area (TPSA) is 81.5 Å². The second-order valence-corrected chi connectivity index (χ2v) is 8.50. The first kappa shape index (κ1) is 23.1. The number of aromatic nitrogens is 3. The summed E-state index contributed by atoms with van der Waals surface area (Å²) in [6.07, 6.45) is 4.89. The number of hydrogen-bond donors (Lipinski definition) is 1. The number of aromatic amines is 1. The van der Waals surface area contributed by atoms with E-state index in [0.717, 1.165) is 34.0 Å². The molecule has 0 radical (unpaired) electrons. The van der Waals surface area contributed by atoms with Gasteiger partial charge in [0.1, 0.15) is 23.0 Å². The Morgan fingerprint density at radius 3 is 2.56 bits per heavy atom. The fourth-order valence-corrected chi connectivity index (χ4v) is 4.05. The second-order valence-electron chi connectivity index (χ2n) is 8.50. The van der Waals surface area contributed by atoms with E-state index in [0.29, 0.717) is 47.9 Å². The monoisotopic (exact) mass is 476 g/mol. The normalized spacial score (nSPS) is 10.9. The van der Waals surface area contributed by atoms with Gasteiger partial charge in [-0.2, -0.15) is 0 Å². The minimum atomic E-state index is 0.135. The molecule has 0 fully saturated rings. The van der Waals surface area contributed by atoms with E-state index in [1.54, 1.807) is 30.7 Å². The van der Waals surface area contributed by atoms with E-state index in [9.17, 15) is 4.79 Å². The maximum absolute atomic E-state index is 12.6. The summed E-state index contributed by atoms with van der Waals surface area (Å²) < 4.78 is 11.8. The van der Waals surface area contributed by atoms with E-state index in [-0.39, 0.29) is 5.78 Å². The molecule has 178 valence electrons. The Bertz CT molecular complexity index is 1580. The van der Waals surface area contributed by atoms with Crippen LogP contribution in [0.5, 0.6) is 17.2 Å². The van der Waals surface area contributed by atoms with E-state index in [1.807, 2.05) is 49.4 Å². The predicted molar refractivity (Wildman–Crippen MR) is 139 cm³/mol. The average Bonchev–Trinajstić information content (AvgIpc) is 3.36. The molecular formula is C29H24N4O3. The number of imidazole rings is 1. The molecule has 0 atom stereocenters. The smallest absolute Gasteiger partial charge is 0.229 e. The number of hydrogen-bond acceptors (Lipinski definition) is 5. The highest BCUT2D eigenvalue weighted by Crippen LogP contribution is 2.37. The van der Waals surface area contributed by atoms with Gasteiger partial charge in [0.2, 0.25) is 5.69 Å². The van der Waals surface area contributed by atoms with Gasteiger partial charge in [-0.1, -0.05) is 25.1 Å². The number of pyridine rings is 1. The van der Waals surface area contributed by atoms with Gasteiger partial charge in [-0.3, -0.25) is 9.78 Å². The zero-order valence-corrected chi connectivity index (χ0v) is 19.8. The fourth-order valence-electron chi connectivity index (χ4n) is 4.05. The third kappa shape index (κ3) is 5.03. The van der Waals surface area contributed by atoms with Crippen LogP contribution < -0.4 is 9.47 Å². The first-order valence-electron chi connectivity index (χ1n) is 11.8. The number of rotatable bonds is 9. The van der Waals surface area contributed by atoms with Gasteiger partial charge in [0, 0.05) is 24.4 Å². The molecule has 3 aromatic carbocycles. The third-order valence-corrected chi connectivity index (χ3v) is 5.80. The number of carbonyl (C=O) groups is 1. The predicted octanol–water partition coefficient (Wildman–Crippen LogP) is 6.60. The molecule has 5 rings (SSSR count). The minimum absolute atomic E-state index is 0.135. The van der Waals surface area contributed by atoms with Crippen LogP contribution in [0.3, 0.4) is 0 Å². The summed E-state index contributed by atoms with van der Waals surface area (Å²) in [7, 11) is 0. The highest BCUT2D eigenvalue weighted by Gasteiger charge is 2.12. The maximum Gasteiger partial charge on any atom is 0.229 e. The quantitative estimate of drug-likeness (QED) is 0.243. The molecule has 7 heteroatoms. The van der Waals surface area contributed by atoms with Crippen molar-refractivity contribution in [1.82, 2.24) is 15.0 Å². The molecule has 0 bridgehead atoms. The van der Waals surface area contributed by atoms with Crippen molar-refractivity contribution < 1.29 is 14.3 Å². The van der Waals surface area contributed by atoms with E-state index in [1.165, 1.54) is 0 Å². The number of carbonyl (C=O) groups excluding carboxylic acids is 1. The van der Waals surface area contributed by atoms with Crippen LogP contribution in [0.1, 0.15) is 24.5 Å². The van der Waals surface area contributed by atoms with Gasteiger partial charge in [0.05, 0.1) is 36.1 Å². The van der Waals surface area contributed by atoms with Crippen LogP contribution in [0.2, 0.25) is 0 Å². The molecule has 0 spiro atoms. The van der Waals surface area contributed by atoms with Crippen molar-refractivity contribution in [2.24, 2.45) is 0 Å². The Kier molecular flexibility index (Phi) is 6.59. The molecule has 2 heterocycles. The first-order chi connectivity index (χ1) is 17.6. The lowest BCUT2D eigenvalue weighted by Gasteiger charge is -2.12. The summed E-state index contributed by atoms with van der Waals surface area (Å²) in [4.78, 5) is 27.9. The Morgan fingerprint density at radius 2 is 1.75 bits per heavy atom. The fraction of sp³-hybridized carbons (Fsp3) is 0.172. The molecule has 0 aliphatic rings. The molecule has 0 amide bonds. The molecule has 1 N–H and O–H groups in total.